The van der Waals surface area contributed by atoms with Gasteiger partial charge in [0.15, 0.2) is 0 Å². The molecule has 21 heavy (non-hydrogen) atoms. The molecule has 0 aliphatic carbocycles. The standard InChI is InChI=1S/C14H17N3O3S/c18-17(19)11-4-5-13-12(9-11)16-14(21-13)20-8-6-10-3-1-2-7-15-10/h4-5,9-10,15H,1-3,6-8H2. The SMILES string of the molecule is O=[N+]([O-])c1ccc2sc(OCCC3CCCCN3)nc2c1. The Balaban J connectivity index is 1.60. The van der Waals surface area contributed by atoms with Gasteiger partial charge in [-0.15, -0.1) is 0 Å². The maximum absolute atomic E-state index is 10.7. The van der Waals surface area contributed by atoms with Crippen molar-refractivity contribution in [2.45, 2.75) is 31.7 Å². The number of ether oxygens (including phenoxy) is 1. The van der Waals surface area contributed by atoms with Crippen LogP contribution in [0.5, 0.6) is 5.19 Å². The maximum atomic E-state index is 10.7. The molecule has 0 saturated carbocycles. The van der Waals surface area contributed by atoms with Crippen molar-refractivity contribution < 1.29 is 9.66 Å². The molecule has 1 saturated heterocycles. The minimum atomic E-state index is -0.409. The summed E-state index contributed by atoms with van der Waals surface area (Å²) in [4.78, 5) is 14.6. The number of thiazole rings is 1. The molecule has 0 amide bonds. The van der Waals surface area contributed by atoms with Crippen molar-refractivity contribution in [2.75, 3.05) is 13.2 Å². The zero-order valence-electron chi connectivity index (χ0n) is 11.6. The van der Waals surface area contributed by atoms with Crippen LogP contribution in [0, 0.1) is 10.1 Å². The molecule has 1 fully saturated rings. The average Bonchev–Trinajstić information content (AvgIpc) is 2.90. The highest BCUT2D eigenvalue weighted by atomic mass is 32.1. The highest BCUT2D eigenvalue weighted by molar-refractivity contribution is 7.20. The third kappa shape index (κ3) is 3.48. The topological polar surface area (TPSA) is 77.3 Å². The van der Waals surface area contributed by atoms with Crippen molar-refractivity contribution in [1.82, 2.24) is 10.3 Å². The second-order valence-corrected chi connectivity index (χ2v) is 6.17. The molecule has 3 rings (SSSR count). The fourth-order valence-corrected chi connectivity index (χ4v) is 3.35. The first-order valence-electron chi connectivity index (χ1n) is 7.13. The van der Waals surface area contributed by atoms with Crippen molar-refractivity contribution in [1.29, 1.82) is 0 Å². The van der Waals surface area contributed by atoms with Crippen molar-refractivity contribution in [3.8, 4) is 5.19 Å². The van der Waals surface area contributed by atoms with E-state index in [9.17, 15) is 10.1 Å². The van der Waals surface area contributed by atoms with E-state index in [1.165, 1.54) is 42.7 Å². The van der Waals surface area contributed by atoms with Crippen molar-refractivity contribution >= 4 is 27.2 Å². The number of hydrogen-bond donors (Lipinski definition) is 1. The molecule has 0 radical (unpaired) electrons. The molecular formula is C14H17N3O3S. The number of nitrogens with one attached hydrogen (secondary N) is 1. The van der Waals surface area contributed by atoms with Gasteiger partial charge < -0.3 is 10.1 Å². The van der Waals surface area contributed by atoms with Crippen LogP contribution >= 0.6 is 11.3 Å². The smallest absolute Gasteiger partial charge is 0.274 e. The van der Waals surface area contributed by atoms with Gasteiger partial charge in [0.2, 0.25) is 0 Å². The summed E-state index contributed by atoms with van der Waals surface area (Å²) in [6.45, 7) is 1.72. The lowest BCUT2D eigenvalue weighted by Crippen LogP contribution is -2.35. The first-order valence-corrected chi connectivity index (χ1v) is 7.95. The Kier molecular flexibility index (Phi) is 4.31. The van der Waals surface area contributed by atoms with Crippen LogP contribution in [0.3, 0.4) is 0 Å². The van der Waals surface area contributed by atoms with Gasteiger partial charge in [0.05, 0.1) is 21.7 Å². The molecule has 1 N–H and O–H groups in total. The molecule has 2 heterocycles. The number of aromatic nitrogens is 1. The predicted octanol–water partition coefficient (Wildman–Crippen LogP) is 3.12. The minimum Gasteiger partial charge on any atom is -0.470 e. The number of rotatable bonds is 5. The van der Waals surface area contributed by atoms with Gasteiger partial charge in [0.25, 0.3) is 10.9 Å². The van der Waals surface area contributed by atoms with Crippen molar-refractivity contribution in [3.63, 3.8) is 0 Å². The Morgan fingerprint density at radius 2 is 2.38 bits per heavy atom. The summed E-state index contributed by atoms with van der Waals surface area (Å²) >= 11 is 1.43. The summed E-state index contributed by atoms with van der Waals surface area (Å²) < 4.78 is 6.60. The van der Waals surface area contributed by atoms with E-state index in [4.69, 9.17) is 4.74 Å². The summed E-state index contributed by atoms with van der Waals surface area (Å²) in [5.74, 6) is 0. The number of nitrogens with zero attached hydrogens (tertiary/aromatic N) is 2. The molecule has 0 bridgehead atoms. The van der Waals surface area contributed by atoms with E-state index in [2.05, 4.69) is 10.3 Å². The van der Waals surface area contributed by atoms with Gasteiger partial charge in [-0.1, -0.05) is 17.8 Å². The third-order valence-corrected chi connectivity index (χ3v) is 4.62. The van der Waals surface area contributed by atoms with Crippen LogP contribution in [0.15, 0.2) is 18.2 Å². The van der Waals surface area contributed by atoms with E-state index >= 15 is 0 Å². The molecule has 1 aromatic carbocycles. The largest absolute Gasteiger partial charge is 0.470 e. The van der Waals surface area contributed by atoms with Gasteiger partial charge in [-0.05, 0) is 31.9 Å². The molecule has 112 valence electrons. The van der Waals surface area contributed by atoms with Gasteiger partial charge in [-0.3, -0.25) is 10.1 Å². The first kappa shape index (κ1) is 14.2. The minimum absolute atomic E-state index is 0.0609. The molecule has 1 aliphatic heterocycles. The van der Waals surface area contributed by atoms with E-state index in [1.54, 1.807) is 6.07 Å². The average molecular weight is 307 g/mol. The predicted molar refractivity (Wildman–Crippen MR) is 82.0 cm³/mol. The van der Waals surface area contributed by atoms with Crippen LogP contribution in [-0.4, -0.2) is 29.1 Å². The van der Waals surface area contributed by atoms with Crippen molar-refractivity contribution in [3.05, 3.63) is 28.3 Å². The van der Waals surface area contributed by atoms with Gasteiger partial charge in [-0.25, -0.2) is 4.98 Å². The fourth-order valence-electron chi connectivity index (χ4n) is 2.53. The molecule has 1 aromatic heterocycles. The number of benzene rings is 1. The zero-order valence-corrected chi connectivity index (χ0v) is 12.4. The maximum Gasteiger partial charge on any atom is 0.274 e. The highest BCUT2D eigenvalue weighted by Gasteiger charge is 2.14. The second-order valence-electron chi connectivity index (χ2n) is 5.17. The van der Waals surface area contributed by atoms with E-state index < -0.39 is 4.92 Å². The lowest BCUT2D eigenvalue weighted by molar-refractivity contribution is -0.384. The molecule has 2 aromatic rings. The summed E-state index contributed by atoms with van der Waals surface area (Å²) in [6, 6.07) is 5.24. The quantitative estimate of drug-likeness (QED) is 0.678. The van der Waals surface area contributed by atoms with Crippen LogP contribution in [0.2, 0.25) is 0 Å². The normalized spacial score (nSPS) is 18.8. The monoisotopic (exact) mass is 307 g/mol. The van der Waals surface area contributed by atoms with Gasteiger partial charge in [-0.2, -0.15) is 0 Å². The molecule has 7 heteroatoms. The van der Waals surface area contributed by atoms with Crippen LogP contribution in [-0.2, 0) is 0 Å². The Bertz CT molecular complexity index is 637. The number of nitro groups is 1. The zero-order chi connectivity index (χ0) is 14.7. The van der Waals surface area contributed by atoms with Crippen LogP contribution < -0.4 is 10.1 Å². The summed E-state index contributed by atoms with van der Waals surface area (Å²) in [7, 11) is 0. The number of non-ortho nitro benzene ring substituents is 1. The molecule has 0 spiro atoms. The third-order valence-electron chi connectivity index (χ3n) is 3.67. The number of hydrogen-bond acceptors (Lipinski definition) is 6. The van der Waals surface area contributed by atoms with E-state index in [0.29, 0.717) is 23.4 Å². The fraction of sp³-hybridized carbons (Fsp3) is 0.500. The Hall–Kier alpha value is -1.73. The van der Waals surface area contributed by atoms with Gasteiger partial charge >= 0.3 is 0 Å². The molecule has 1 aliphatic rings. The second kappa shape index (κ2) is 6.36. The van der Waals surface area contributed by atoms with Gasteiger partial charge in [0.1, 0.15) is 0 Å². The number of piperidine rings is 1. The number of fused-ring (bicyclic) bond motifs is 1. The first-order chi connectivity index (χ1) is 10.2. The van der Waals surface area contributed by atoms with E-state index in [1.807, 2.05) is 0 Å². The van der Waals surface area contributed by atoms with Crippen molar-refractivity contribution in [2.24, 2.45) is 0 Å². The summed E-state index contributed by atoms with van der Waals surface area (Å²) in [6.07, 6.45) is 4.71. The molecule has 6 nitrogen and oxygen atoms in total. The molecule has 1 unspecified atom stereocenters. The van der Waals surface area contributed by atoms with Gasteiger partial charge in [0, 0.05) is 18.2 Å². The Morgan fingerprint density at radius 1 is 1.48 bits per heavy atom. The highest BCUT2D eigenvalue weighted by Crippen LogP contribution is 2.30. The summed E-state index contributed by atoms with van der Waals surface area (Å²) in [5, 5.41) is 14.8. The van der Waals surface area contributed by atoms with Crippen LogP contribution in [0.1, 0.15) is 25.7 Å². The van der Waals surface area contributed by atoms with Crippen LogP contribution in [0.4, 0.5) is 5.69 Å². The lowest BCUT2D eigenvalue weighted by atomic mass is 10.0. The number of nitro benzene ring substituents is 1. The van der Waals surface area contributed by atoms with E-state index in [-0.39, 0.29) is 5.69 Å². The Labute approximate surface area is 126 Å². The summed E-state index contributed by atoms with van der Waals surface area (Å²) in [5.41, 5.74) is 0.686. The molecule has 1 atom stereocenters. The Morgan fingerprint density at radius 3 is 3.14 bits per heavy atom. The van der Waals surface area contributed by atoms with Crippen LogP contribution in [0.25, 0.3) is 10.2 Å². The van der Waals surface area contributed by atoms with E-state index in [0.717, 1.165) is 17.7 Å². The lowest BCUT2D eigenvalue weighted by Gasteiger charge is -2.22. The molecular weight excluding hydrogens is 290 g/mol.